The molecule has 0 aromatic heterocycles. The van der Waals surface area contributed by atoms with Crippen molar-refractivity contribution in [3.8, 4) is 0 Å². The van der Waals surface area contributed by atoms with Gasteiger partial charge in [-0.2, -0.15) is 0 Å². The highest BCUT2D eigenvalue weighted by atomic mass is 15.2. The molecule has 8 aliphatic rings. The van der Waals surface area contributed by atoms with Crippen LogP contribution in [0.25, 0.3) is 5.57 Å². The Morgan fingerprint density at radius 2 is 1.22 bits per heavy atom. The van der Waals surface area contributed by atoms with Gasteiger partial charge in [0.15, 0.2) is 0 Å². The molecule has 2 saturated heterocycles. The number of hydrogen-bond acceptors (Lipinski definition) is 4. The summed E-state index contributed by atoms with van der Waals surface area (Å²) < 4.78 is 0. The number of benzene rings is 1. The van der Waals surface area contributed by atoms with Crippen molar-refractivity contribution in [3.05, 3.63) is 88.1 Å². The first kappa shape index (κ1) is 46.8. The number of rotatable bonds is 0. The molecule has 3 fully saturated rings. The van der Waals surface area contributed by atoms with E-state index < -0.39 is 0 Å². The van der Waals surface area contributed by atoms with Crippen LogP contribution in [0.2, 0.25) is 0 Å². The molecule has 4 aliphatic heterocycles. The average Bonchev–Trinajstić information content (AvgIpc) is 3.92. The molecule has 1 saturated carbocycles. The third-order valence-corrected chi connectivity index (χ3v) is 14.5. The van der Waals surface area contributed by atoms with E-state index in [0.717, 1.165) is 24.4 Å². The van der Waals surface area contributed by atoms with E-state index >= 15 is 0 Å². The molecule has 3 atom stereocenters. The van der Waals surface area contributed by atoms with Gasteiger partial charge in [0, 0.05) is 66.8 Å². The molecule has 4 nitrogen and oxygen atoms in total. The summed E-state index contributed by atoms with van der Waals surface area (Å²) in [5, 5.41) is 0. The summed E-state index contributed by atoms with van der Waals surface area (Å²) in [4.78, 5) is 10.5. The zero-order chi connectivity index (χ0) is 41.2. The van der Waals surface area contributed by atoms with E-state index in [4.69, 9.17) is 0 Å². The van der Waals surface area contributed by atoms with Crippen LogP contribution in [0.1, 0.15) is 166 Å². The fourth-order valence-electron chi connectivity index (χ4n) is 10.9. The second-order valence-corrected chi connectivity index (χ2v) is 22.6. The van der Waals surface area contributed by atoms with Gasteiger partial charge in [-0.15, -0.1) is 0 Å². The lowest BCUT2D eigenvalue weighted by molar-refractivity contribution is -0.00454. The van der Waals surface area contributed by atoms with Crippen molar-refractivity contribution < 1.29 is 0 Å². The van der Waals surface area contributed by atoms with Gasteiger partial charge in [-0.05, 0) is 199 Å². The van der Waals surface area contributed by atoms with Gasteiger partial charge in [0.2, 0.25) is 0 Å². The number of fused-ring (bicyclic) bond motifs is 4. The average molecular weight is 793 g/mol. The van der Waals surface area contributed by atoms with Gasteiger partial charge in [-0.1, -0.05) is 74.9 Å². The van der Waals surface area contributed by atoms with Crippen LogP contribution in [0.4, 0.5) is 0 Å². The SMILES string of the molecule is C.CC(C)(C)N1CCC2=C(CC=C2)C1.CC(C)(C)N1CCC2=C(Cc3ccccc32)C1.CC(C)(C)N1CCC2C=CC=C2C1.CC(C)(C)N1CCCC2CCCCC21. The minimum absolute atomic E-state index is 0. The summed E-state index contributed by atoms with van der Waals surface area (Å²) in [5.41, 5.74) is 12.6. The fourth-order valence-corrected chi connectivity index (χ4v) is 10.9. The van der Waals surface area contributed by atoms with Crippen molar-refractivity contribution in [3.63, 3.8) is 0 Å². The van der Waals surface area contributed by atoms with E-state index in [1.165, 1.54) is 121 Å². The Bertz CT molecular complexity index is 1660. The lowest BCUT2D eigenvalue weighted by Gasteiger charge is -2.50. The second-order valence-electron chi connectivity index (χ2n) is 22.6. The zero-order valence-electron chi connectivity index (χ0n) is 38.9. The molecule has 0 N–H and O–H groups in total. The summed E-state index contributed by atoms with van der Waals surface area (Å²) >= 11 is 0. The summed E-state index contributed by atoms with van der Waals surface area (Å²) in [5.74, 6) is 1.79. The van der Waals surface area contributed by atoms with E-state index in [2.05, 4.69) is 157 Å². The second kappa shape index (κ2) is 19.2. The molecule has 4 heteroatoms. The highest BCUT2D eigenvalue weighted by Gasteiger charge is 2.38. The third kappa shape index (κ3) is 11.8. The van der Waals surface area contributed by atoms with Gasteiger partial charge in [0.05, 0.1) is 0 Å². The van der Waals surface area contributed by atoms with Gasteiger partial charge in [0.25, 0.3) is 0 Å². The van der Waals surface area contributed by atoms with E-state index in [1.54, 1.807) is 27.9 Å². The summed E-state index contributed by atoms with van der Waals surface area (Å²) in [6, 6.07) is 9.83. The molecule has 9 rings (SSSR count). The smallest absolute Gasteiger partial charge is 0.0207 e. The van der Waals surface area contributed by atoms with Crippen LogP contribution in [-0.4, -0.2) is 93.6 Å². The van der Waals surface area contributed by atoms with Crippen LogP contribution in [0, 0.1) is 11.8 Å². The van der Waals surface area contributed by atoms with Crippen LogP contribution in [-0.2, 0) is 6.42 Å². The molecule has 3 unspecified atom stereocenters. The third-order valence-electron chi connectivity index (χ3n) is 14.5. The molecule has 58 heavy (non-hydrogen) atoms. The first-order valence-corrected chi connectivity index (χ1v) is 23.3. The normalized spacial score (nSPS) is 26.3. The lowest BCUT2D eigenvalue weighted by Crippen LogP contribution is -2.54. The maximum atomic E-state index is 2.78. The van der Waals surface area contributed by atoms with E-state index in [9.17, 15) is 0 Å². The topological polar surface area (TPSA) is 13.0 Å². The van der Waals surface area contributed by atoms with Gasteiger partial charge in [-0.25, -0.2) is 0 Å². The molecule has 0 amide bonds. The summed E-state index contributed by atoms with van der Waals surface area (Å²) in [6.45, 7) is 36.5. The van der Waals surface area contributed by atoms with Crippen molar-refractivity contribution in [2.75, 3.05) is 45.8 Å². The highest BCUT2D eigenvalue weighted by molar-refractivity contribution is 5.77. The van der Waals surface area contributed by atoms with Gasteiger partial charge < -0.3 is 0 Å². The molecule has 4 aliphatic carbocycles. The van der Waals surface area contributed by atoms with Crippen LogP contribution in [0.5, 0.6) is 0 Å². The largest absolute Gasteiger partial charge is 0.295 e. The Labute approximate surface area is 359 Å². The number of piperidine rings is 2. The first-order valence-electron chi connectivity index (χ1n) is 23.3. The van der Waals surface area contributed by atoms with Crippen LogP contribution < -0.4 is 0 Å². The highest BCUT2D eigenvalue weighted by Crippen LogP contribution is 2.40. The maximum Gasteiger partial charge on any atom is 0.0207 e. The van der Waals surface area contributed by atoms with Gasteiger partial charge >= 0.3 is 0 Å². The van der Waals surface area contributed by atoms with Crippen LogP contribution >= 0.6 is 0 Å². The Balaban J connectivity index is 0.000000147. The Morgan fingerprint density at radius 3 is 1.91 bits per heavy atom. The summed E-state index contributed by atoms with van der Waals surface area (Å²) in [6.07, 6.45) is 26.5. The molecule has 4 heterocycles. The van der Waals surface area contributed by atoms with E-state index in [-0.39, 0.29) is 7.43 Å². The minimum atomic E-state index is 0. The van der Waals surface area contributed by atoms with Crippen molar-refractivity contribution >= 4 is 5.57 Å². The minimum Gasteiger partial charge on any atom is -0.295 e. The van der Waals surface area contributed by atoms with Gasteiger partial charge in [-0.3, -0.25) is 19.6 Å². The quantitative estimate of drug-likeness (QED) is 0.259. The van der Waals surface area contributed by atoms with Crippen molar-refractivity contribution in [1.82, 2.24) is 19.6 Å². The molecule has 324 valence electrons. The predicted octanol–water partition coefficient (Wildman–Crippen LogP) is 12.9. The Morgan fingerprint density at radius 1 is 0.603 bits per heavy atom. The molecular formula is C54H88N4. The molecule has 0 spiro atoms. The van der Waals surface area contributed by atoms with Crippen molar-refractivity contribution in [2.24, 2.45) is 11.8 Å². The van der Waals surface area contributed by atoms with Crippen molar-refractivity contribution in [2.45, 2.75) is 189 Å². The monoisotopic (exact) mass is 793 g/mol. The molecular weight excluding hydrogens is 705 g/mol. The number of hydrogen-bond donors (Lipinski definition) is 0. The molecule has 0 bridgehead atoms. The molecule has 1 aromatic carbocycles. The van der Waals surface area contributed by atoms with Crippen molar-refractivity contribution in [1.29, 1.82) is 0 Å². The molecule has 0 radical (unpaired) electrons. The van der Waals surface area contributed by atoms with Gasteiger partial charge in [0.1, 0.15) is 0 Å². The first-order chi connectivity index (χ1) is 26.8. The molecule has 1 aromatic rings. The number of nitrogens with zero attached hydrogens (tertiary/aromatic N) is 4. The number of likely N-dealkylation sites (tertiary alicyclic amines) is 2. The van der Waals surface area contributed by atoms with E-state index in [0.29, 0.717) is 22.2 Å². The lowest BCUT2D eigenvalue weighted by atomic mass is 9.76. The Hall–Kier alpha value is -2.24. The van der Waals surface area contributed by atoms with Crippen LogP contribution in [0.3, 0.4) is 0 Å². The predicted molar refractivity (Wildman–Crippen MR) is 255 cm³/mol. The number of allylic oxidation sites excluding steroid dienone is 5. The standard InChI is InChI=1S/C16H21N.C13H25N.2C12H19N.CH4/c1-16(2,3)17-9-8-15-13(11-17)10-12-6-4-5-7-14(12)15;1-13(2,3)14-10-6-8-11-7-4-5-9-12(11)14;2*1-12(2,3)13-8-7-10-5-4-6-11(10)9-13;/h4-7H,8-11H2,1-3H3;11-12H,4-10H2,1-3H3;4-5H,6-9H2,1-3H3;4-6,10H,7-9H2,1-3H3;1H4. The van der Waals surface area contributed by atoms with Crippen LogP contribution in [0.15, 0.2) is 76.9 Å². The maximum absolute atomic E-state index is 2.78. The summed E-state index contributed by atoms with van der Waals surface area (Å²) in [7, 11) is 0. The fraction of sp³-hybridized carbons (Fsp3) is 0.704. The Kier molecular flexibility index (Phi) is 15.5. The zero-order valence-corrected chi connectivity index (χ0v) is 38.9. The van der Waals surface area contributed by atoms with E-state index in [1.807, 2.05) is 0 Å².